The highest BCUT2D eigenvalue weighted by Gasteiger charge is 2.29. The molecule has 1 aromatic carbocycles. The normalized spacial score (nSPS) is 20.6. The molecule has 20 heavy (non-hydrogen) atoms. The first-order valence-electron chi connectivity index (χ1n) is 6.82. The van der Waals surface area contributed by atoms with Crippen LogP contribution in [0.5, 0.6) is 0 Å². The lowest BCUT2D eigenvalue weighted by Gasteiger charge is -2.17. The summed E-state index contributed by atoms with van der Waals surface area (Å²) in [5.74, 6) is -1.25. The number of nitrogens with one attached hydrogen (secondary N) is 1. The molecule has 0 spiro atoms. The Morgan fingerprint density at radius 2 is 2.10 bits per heavy atom. The van der Waals surface area contributed by atoms with Crippen LogP contribution in [0.4, 0.5) is 0 Å². The Morgan fingerprint density at radius 1 is 1.40 bits per heavy atom. The first-order valence-corrected chi connectivity index (χ1v) is 6.82. The summed E-state index contributed by atoms with van der Waals surface area (Å²) in [6.45, 7) is 1.58. The Kier molecular flexibility index (Phi) is 4.74. The van der Waals surface area contributed by atoms with Crippen LogP contribution in [-0.4, -0.2) is 48.1 Å². The predicted octanol–water partition coefficient (Wildman–Crippen LogP) is 0.750. The van der Waals surface area contributed by atoms with E-state index < -0.39 is 12.0 Å². The monoisotopic (exact) mass is 276 g/mol. The summed E-state index contributed by atoms with van der Waals surface area (Å²) in [6.07, 6.45) is 1.10. The molecule has 108 valence electrons. The van der Waals surface area contributed by atoms with Crippen LogP contribution >= 0.6 is 0 Å². The lowest BCUT2D eigenvalue weighted by Crippen LogP contribution is -2.45. The summed E-state index contributed by atoms with van der Waals surface area (Å²) in [5, 5.41) is 11.9. The lowest BCUT2D eigenvalue weighted by molar-refractivity contribution is -0.142. The van der Waals surface area contributed by atoms with Crippen molar-refractivity contribution in [3.8, 4) is 0 Å². The highest BCUT2D eigenvalue weighted by molar-refractivity contribution is 5.85. The van der Waals surface area contributed by atoms with E-state index in [1.165, 1.54) is 0 Å². The van der Waals surface area contributed by atoms with Crippen molar-refractivity contribution in [1.29, 1.82) is 0 Å². The van der Waals surface area contributed by atoms with Gasteiger partial charge in [0.2, 0.25) is 5.91 Å². The van der Waals surface area contributed by atoms with Crippen LogP contribution in [0.15, 0.2) is 30.3 Å². The van der Waals surface area contributed by atoms with Gasteiger partial charge in [0.1, 0.15) is 6.04 Å². The summed E-state index contributed by atoms with van der Waals surface area (Å²) >= 11 is 0. The summed E-state index contributed by atoms with van der Waals surface area (Å²) in [5.41, 5.74) is 0.906. The number of carbonyl (C=O) groups excluding carboxylic acids is 1. The van der Waals surface area contributed by atoms with E-state index in [2.05, 4.69) is 10.2 Å². The number of amides is 1. The zero-order valence-corrected chi connectivity index (χ0v) is 11.6. The second kappa shape index (κ2) is 6.52. The number of benzene rings is 1. The van der Waals surface area contributed by atoms with E-state index in [1.807, 2.05) is 37.4 Å². The first-order chi connectivity index (χ1) is 9.56. The van der Waals surface area contributed by atoms with Crippen LogP contribution in [0.25, 0.3) is 0 Å². The second-order valence-electron chi connectivity index (χ2n) is 5.34. The van der Waals surface area contributed by atoms with Gasteiger partial charge in [-0.15, -0.1) is 0 Å². The largest absolute Gasteiger partial charge is 0.480 e. The molecule has 5 nitrogen and oxygen atoms in total. The third-order valence-electron chi connectivity index (χ3n) is 3.66. The molecule has 1 amide bonds. The number of likely N-dealkylation sites (tertiary alicyclic amines) is 1. The highest BCUT2D eigenvalue weighted by atomic mass is 16.4. The van der Waals surface area contributed by atoms with Gasteiger partial charge in [-0.2, -0.15) is 0 Å². The molecule has 1 heterocycles. The van der Waals surface area contributed by atoms with Crippen molar-refractivity contribution in [2.75, 3.05) is 20.1 Å². The van der Waals surface area contributed by atoms with E-state index >= 15 is 0 Å². The van der Waals surface area contributed by atoms with Gasteiger partial charge in [-0.1, -0.05) is 30.3 Å². The molecular formula is C15H20N2O3. The van der Waals surface area contributed by atoms with Gasteiger partial charge in [0.05, 0.1) is 5.92 Å². The minimum absolute atomic E-state index is 0.0994. The van der Waals surface area contributed by atoms with Crippen LogP contribution in [0, 0.1) is 5.92 Å². The molecule has 2 rings (SSSR count). The van der Waals surface area contributed by atoms with E-state index in [1.54, 1.807) is 0 Å². The van der Waals surface area contributed by atoms with Crippen molar-refractivity contribution < 1.29 is 14.7 Å². The molecule has 2 atom stereocenters. The molecule has 0 radical (unpaired) electrons. The lowest BCUT2D eigenvalue weighted by atomic mass is 10.0. The number of hydrogen-bond acceptors (Lipinski definition) is 3. The molecule has 1 unspecified atom stereocenters. The number of aliphatic carboxylic acids is 1. The van der Waals surface area contributed by atoms with Gasteiger partial charge in [-0.25, -0.2) is 4.79 Å². The van der Waals surface area contributed by atoms with Crippen molar-refractivity contribution in [3.63, 3.8) is 0 Å². The van der Waals surface area contributed by atoms with Gasteiger partial charge >= 0.3 is 5.97 Å². The number of carbonyl (C=O) groups is 2. The smallest absolute Gasteiger partial charge is 0.326 e. The van der Waals surface area contributed by atoms with Gasteiger partial charge in [-0.05, 0) is 25.6 Å². The molecule has 1 fully saturated rings. The summed E-state index contributed by atoms with van der Waals surface area (Å²) < 4.78 is 0. The van der Waals surface area contributed by atoms with E-state index in [-0.39, 0.29) is 11.8 Å². The predicted molar refractivity (Wildman–Crippen MR) is 75.3 cm³/mol. The zero-order chi connectivity index (χ0) is 14.5. The number of rotatable bonds is 5. The Hall–Kier alpha value is -1.88. The van der Waals surface area contributed by atoms with Crippen LogP contribution in [0.1, 0.15) is 12.0 Å². The van der Waals surface area contributed by atoms with Gasteiger partial charge in [0.15, 0.2) is 0 Å². The van der Waals surface area contributed by atoms with Gasteiger partial charge in [-0.3, -0.25) is 4.79 Å². The van der Waals surface area contributed by atoms with Crippen molar-refractivity contribution >= 4 is 11.9 Å². The summed E-state index contributed by atoms with van der Waals surface area (Å²) in [6, 6.07) is 8.48. The number of carboxylic acids is 1. The summed E-state index contributed by atoms with van der Waals surface area (Å²) in [7, 11) is 1.96. The molecule has 1 saturated heterocycles. The van der Waals surface area contributed by atoms with Crippen LogP contribution < -0.4 is 5.32 Å². The molecule has 1 aliphatic heterocycles. The molecule has 0 saturated carbocycles. The maximum Gasteiger partial charge on any atom is 0.326 e. The Labute approximate surface area is 118 Å². The maximum atomic E-state index is 12.1. The zero-order valence-electron chi connectivity index (χ0n) is 11.6. The van der Waals surface area contributed by atoms with E-state index in [0.717, 1.165) is 18.5 Å². The summed E-state index contributed by atoms with van der Waals surface area (Å²) in [4.78, 5) is 25.5. The molecule has 2 N–H and O–H groups in total. The average molecular weight is 276 g/mol. The second-order valence-corrected chi connectivity index (χ2v) is 5.34. The Bertz CT molecular complexity index is 475. The van der Waals surface area contributed by atoms with Gasteiger partial charge in [0, 0.05) is 13.0 Å². The van der Waals surface area contributed by atoms with Gasteiger partial charge in [0.25, 0.3) is 0 Å². The number of carboxylic acid groups (broad SMARTS) is 1. The van der Waals surface area contributed by atoms with Crippen LogP contribution in [-0.2, 0) is 16.0 Å². The van der Waals surface area contributed by atoms with E-state index in [9.17, 15) is 14.7 Å². The van der Waals surface area contributed by atoms with Gasteiger partial charge < -0.3 is 15.3 Å². The fourth-order valence-electron chi connectivity index (χ4n) is 2.49. The maximum absolute atomic E-state index is 12.1. The third kappa shape index (κ3) is 3.81. The van der Waals surface area contributed by atoms with Crippen LogP contribution in [0.2, 0.25) is 0 Å². The standard InChI is InChI=1S/C15H20N2O3/c1-17-8-7-12(10-17)14(18)16-13(15(19)20)9-11-5-3-2-4-6-11/h2-6,12-13H,7-10H2,1H3,(H,16,18)(H,19,20)/t12?,13-/m0/s1. The SMILES string of the molecule is CN1CCC(C(=O)N[C@@H](Cc2ccccc2)C(=O)O)C1. The van der Waals surface area contributed by atoms with Crippen molar-refractivity contribution in [2.45, 2.75) is 18.9 Å². The Morgan fingerprint density at radius 3 is 2.65 bits per heavy atom. The average Bonchev–Trinajstić information content (AvgIpc) is 2.86. The molecule has 1 aliphatic rings. The van der Waals surface area contributed by atoms with E-state index in [4.69, 9.17) is 0 Å². The highest BCUT2D eigenvalue weighted by Crippen LogP contribution is 2.15. The van der Waals surface area contributed by atoms with E-state index in [0.29, 0.717) is 13.0 Å². The Balaban J connectivity index is 1.96. The molecular weight excluding hydrogens is 256 g/mol. The molecule has 1 aromatic rings. The molecule has 0 bridgehead atoms. The molecule has 5 heteroatoms. The van der Waals surface area contributed by atoms with Crippen molar-refractivity contribution in [1.82, 2.24) is 10.2 Å². The minimum atomic E-state index is -0.992. The number of nitrogens with zero attached hydrogens (tertiary/aromatic N) is 1. The third-order valence-corrected chi connectivity index (χ3v) is 3.66. The molecule has 0 aromatic heterocycles. The number of hydrogen-bond donors (Lipinski definition) is 2. The fraction of sp³-hybridized carbons (Fsp3) is 0.467. The molecule has 0 aliphatic carbocycles. The van der Waals surface area contributed by atoms with Crippen molar-refractivity contribution in [2.24, 2.45) is 5.92 Å². The topological polar surface area (TPSA) is 69.6 Å². The quantitative estimate of drug-likeness (QED) is 0.832. The van der Waals surface area contributed by atoms with Crippen molar-refractivity contribution in [3.05, 3.63) is 35.9 Å². The fourth-order valence-corrected chi connectivity index (χ4v) is 2.49. The first kappa shape index (κ1) is 14.5. The minimum Gasteiger partial charge on any atom is -0.480 e. The van der Waals surface area contributed by atoms with Crippen LogP contribution in [0.3, 0.4) is 0 Å².